The highest BCUT2D eigenvalue weighted by Crippen LogP contribution is 2.00. The number of hydrogen-bond acceptors (Lipinski definition) is 4. The quantitative estimate of drug-likeness (QED) is 0.420. The second kappa shape index (κ2) is 1.73. The Labute approximate surface area is 51.5 Å². The molecule has 50 valence electrons. The molecule has 0 atom stereocenters. The summed E-state index contributed by atoms with van der Waals surface area (Å²) in [6.45, 7) is 0. The van der Waals surface area contributed by atoms with Crippen molar-refractivity contribution in [1.82, 2.24) is 0 Å². The molecule has 0 N–H and O–H groups in total. The molecular weight excluding hydrogens is 146 g/mol. The Morgan fingerprint density at radius 2 is 2.33 bits per heavy atom. The lowest BCUT2D eigenvalue weighted by molar-refractivity contribution is -0.211. The summed E-state index contributed by atoms with van der Waals surface area (Å²) in [5.41, 5.74) is 0. The van der Waals surface area contributed by atoms with Crippen molar-refractivity contribution < 1.29 is 17.7 Å². The third-order valence-corrected chi connectivity index (χ3v) is 1.35. The Hall–Kier alpha value is -1.04. The SMILES string of the molecule is O=S1(=O)N=C([O-])C=CO1. The molecule has 0 unspecified atom stereocenters. The molecule has 1 aliphatic heterocycles. The van der Waals surface area contributed by atoms with Crippen molar-refractivity contribution in [3.63, 3.8) is 0 Å². The summed E-state index contributed by atoms with van der Waals surface area (Å²) in [5, 5.41) is 10.2. The van der Waals surface area contributed by atoms with Gasteiger partial charge in [0, 0.05) is 5.90 Å². The summed E-state index contributed by atoms with van der Waals surface area (Å²) in [4.78, 5) is 0. The van der Waals surface area contributed by atoms with E-state index < -0.39 is 16.2 Å². The van der Waals surface area contributed by atoms with E-state index in [4.69, 9.17) is 0 Å². The van der Waals surface area contributed by atoms with Crippen molar-refractivity contribution in [1.29, 1.82) is 0 Å². The van der Waals surface area contributed by atoms with Gasteiger partial charge >= 0.3 is 10.3 Å². The average molecular weight is 148 g/mol. The first-order valence-electron chi connectivity index (χ1n) is 1.97. The van der Waals surface area contributed by atoms with Gasteiger partial charge in [0.05, 0.1) is 0 Å². The Bertz CT molecular complexity index is 262. The van der Waals surface area contributed by atoms with Crippen LogP contribution in [0.4, 0.5) is 0 Å². The van der Waals surface area contributed by atoms with Gasteiger partial charge in [-0.3, -0.25) is 0 Å². The molecule has 6 heteroatoms. The van der Waals surface area contributed by atoms with Crippen LogP contribution >= 0.6 is 0 Å². The Morgan fingerprint density at radius 1 is 1.67 bits per heavy atom. The predicted octanol–water partition coefficient (Wildman–Crippen LogP) is -1.47. The summed E-state index contributed by atoms with van der Waals surface area (Å²) in [6, 6.07) is 0. The monoisotopic (exact) mass is 148 g/mol. The van der Waals surface area contributed by atoms with Crippen LogP contribution in [0.15, 0.2) is 16.7 Å². The third kappa shape index (κ3) is 1.43. The molecular formula is C3H2NO4S-. The van der Waals surface area contributed by atoms with Gasteiger partial charge in [0.1, 0.15) is 6.26 Å². The summed E-state index contributed by atoms with van der Waals surface area (Å²) in [5.74, 6) is -0.818. The lowest BCUT2D eigenvalue weighted by atomic mass is 10.6. The molecule has 1 aliphatic rings. The molecule has 1 rings (SSSR count). The van der Waals surface area contributed by atoms with Crippen LogP contribution in [0.3, 0.4) is 0 Å². The zero-order chi connectivity index (χ0) is 6.91. The van der Waals surface area contributed by atoms with Gasteiger partial charge in [-0.1, -0.05) is 0 Å². The molecule has 0 aromatic heterocycles. The van der Waals surface area contributed by atoms with Crippen LogP contribution in [0.1, 0.15) is 0 Å². The van der Waals surface area contributed by atoms with Gasteiger partial charge in [-0.05, 0) is 6.08 Å². The molecule has 9 heavy (non-hydrogen) atoms. The van der Waals surface area contributed by atoms with Crippen molar-refractivity contribution in [2.75, 3.05) is 0 Å². The fourth-order valence-corrected chi connectivity index (χ4v) is 0.839. The Balaban J connectivity index is 3.06. The van der Waals surface area contributed by atoms with E-state index in [1.165, 1.54) is 0 Å². The second-order valence-electron chi connectivity index (χ2n) is 1.26. The molecule has 0 spiro atoms. The van der Waals surface area contributed by atoms with E-state index in [1.807, 2.05) is 0 Å². The number of nitrogens with zero attached hydrogens (tertiary/aromatic N) is 1. The zero-order valence-corrected chi connectivity index (χ0v) is 4.96. The van der Waals surface area contributed by atoms with E-state index in [-0.39, 0.29) is 0 Å². The molecule has 5 nitrogen and oxygen atoms in total. The standard InChI is InChI=1S/C3H3NO4S/c5-3-1-2-8-9(6,7)4-3/h1-2H,(H,4,5)/p-1. The van der Waals surface area contributed by atoms with Crippen LogP contribution in [0.5, 0.6) is 0 Å². The second-order valence-corrected chi connectivity index (χ2v) is 2.49. The van der Waals surface area contributed by atoms with Crippen LogP contribution in [0, 0.1) is 0 Å². The summed E-state index contributed by atoms with van der Waals surface area (Å²) in [7, 11) is -3.94. The first-order valence-corrected chi connectivity index (χ1v) is 3.33. The fourth-order valence-electron chi connectivity index (χ4n) is 0.318. The van der Waals surface area contributed by atoms with E-state index >= 15 is 0 Å². The van der Waals surface area contributed by atoms with Gasteiger partial charge < -0.3 is 9.29 Å². The van der Waals surface area contributed by atoms with Crippen LogP contribution < -0.4 is 5.11 Å². The highest BCUT2D eigenvalue weighted by atomic mass is 32.2. The van der Waals surface area contributed by atoms with Crippen LogP contribution in [0.2, 0.25) is 0 Å². The molecule has 0 aliphatic carbocycles. The van der Waals surface area contributed by atoms with Crippen LogP contribution in [0.25, 0.3) is 0 Å². The molecule has 0 radical (unpaired) electrons. The minimum Gasteiger partial charge on any atom is -0.858 e. The van der Waals surface area contributed by atoms with Gasteiger partial charge in [0.2, 0.25) is 0 Å². The molecule has 0 bridgehead atoms. The van der Waals surface area contributed by atoms with E-state index in [0.717, 1.165) is 12.3 Å². The van der Waals surface area contributed by atoms with Crippen molar-refractivity contribution in [2.45, 2.75) is 0 Å². The van der Waals surface area contributed by atoms with E-state index in [1.54, 1.807) is 0 Å². The van der Waals surface area contributed by atoms with Gasteiger partial charge in [0.15, 0.2) is 0 Å². The average Bonchev–Trinajstić information content (AvgIpc) is 1.60. The van der Waals surface area contributed by atoms with E-state index in [2.05, 4.69) is 8.58 Å². The summed E-state index contributed by atoms with van der Waals surface area (Å²) in [6.07, 6.45) is 1.70. The lowest BCUT2D eigenvalue weighted by Gasteiger charge is -2.07. The topological polar surface area (TPSA) is 78.8 Å². The highest BCUT2D eigenvalue weighted by molar-refractivity contribution is 7.85. The molecule has 0 fully saturated rings. The van der Waals surface area contributed by atoms with E-state index in [9.17, 15) is 13.5 Å². The summed E-state index contributed by atoms with van der Waals surface area (Å²) >= 11 is 0. The van der Waals surface area contributed by atoms with Crippen molar-refractivity contribution in [2.24, 2.45) is 4.40 Å². The van der Waals surface area contributed by atoms with Gasteiger partial charge in [-0.15, -0.1) is 4.40 Å². The maximum Gasteiger partial charge on any atom is 0.427 e. The van der Waals surface area contributed by atoms with Crippen molar-refractivity contribution in [3.05, 3.63) is 12.3 Å². The first-order chi connectivity index (χ1) is 4.10. The molecule has 0 amide bonds. The smallest absolute Gasteiger partial charge is 0.427 e. The van der Waals surface area contributed by atoms with E-state index in [0.29, 0.717) is 0 Å². The van der Waals surface area contributed by atoms with Crippen LogP contribution in [-0.2, 0) is 14.5 Å². The van der Waals surface area contributed by atoms with Gasteiger partial charge in [-0.25, -0.2) is 0 Å². The molecule has 0 aromatic carbocycles. The third-order valence-electron chi connectivity index (χ3n) is 0.590. The Morgan fingerprint density at radius 3 is 2.67 bits per heavy atom. The maximum absolute atomic E-state index is 10.2. The highest BCUT2D eigenvalue weighted by Gasteiger charge is 2.07. The Kier molecular flexibility index (Phi) is 1.17. The molecule has 0 saturated heterocycles. The summed E-state index contributed by atoms with van der Waals surface area (Å²) < 4.78 is 27.0. The predicted molar refractivity (Wildman–Crippen MR) is 26.6 cm³/mol. The van der Waals surface area contributed by atoms with Crippen molar-refractivity contribution in [3.8, 4) is 0 Å². The molecule has 1 heterocycles. The van der Waals surface area contributed by atoms with Crippen molar-refractivity contribution >= 4 is 16.2 Å². The maximum atomic E-state index is 10.2. The lowest BCUT2D eigenvalue weighted by Crippen LogP contribution is -2.19. The molecule has 0 aromatic rings. The van der Waals surface area contributed by atoms with Gasteiger partial charge in [-0.2, -0.15) is 8.42 Å². The van der Waals surface area contributed by atoms with Crippen LogP contribution in [-0.4, -0.2) is 14.3 Å². The minimum atomic E-state index is -3.94. The zero-order valence-electron chi connectivity index (χ0n) is 4.14. The minimum absolute atomic E-state index is 0.782. The number of rotatable bonds is 0. The number of hydrogen-bond donors (Lipinski definition) is 0. The van der Waals surface area contributed by atoms with Gasteiger partial charge in [0.25, 0.3) is 0 Å². The molecule has 0 saturated carbocycles. The normalized spacial score (nSPS) is 22.4. The first kappa shape index (κ1) is 6.09. The fraction of sp³-hybridized carbons (Fsp3) is 0. The largest absolute Gasteiger partial charge is 0.858 e.